The molecule has 0 saturated carbocycles. The maximum atomic E-state index is 6.11. The molecule has 1 aromatic rings. The van der Waals surface area contributed by atoms with Crippen molar-refractivity contribution < 1.29 is 0 Å². The van der Waals surface area contributed by atoms with Crippen molar-refractivity contribution in [1.82, 2.24) is 5.32 Å². The fourth-order valence-corrected chi connectivity index (χ4v) is 1.56. The minimum atomic E-state index is -0.940. The molecule has 2 rings (SSSR count). The minimum absolute atomic E-state index is 0.428. The summed E-state index contributed by atoms with van der Waals surface area (Å²) >= 11 is 0. The Balaban J connectivity index is 2.42. The van der Waals surface area contributed by atoms with Crippen molar-refractivity contribution in [3.63, 3.8) is 0 Å². The fourth-order valence-electron chi connectivity index (χ4n) is 1.56. The molecule has 1 aromatic carbocycles. The van der Waals surface area contributed by atoms with Gasteiger partial charge in [-0.1, -0.05) is 29.8 Å². The zero-order chi connectivity index (χ0) is 10.9. The quantitative estimate of drug-likeness (QED) is 0.622. The largest absolute Gasteiger partial charge is 0.384 e. The van der Waals surface area contributed by atoms with Crippen molar-refractivity contribution in [1.29, 1.82) is 0 Å². The van der Waals surface area contributed by atoms with E-state index in [0.717, 1.165) is 11.1 Å². The van der Waals surface area contributed by atoms with E-state index in [0.29, 0.717) is 5.84 Å². The van der Waals surface area contributed by atoms with Crippen LogP contribution in [0.4, 0.5) is 0 Å². The van der Waals surface area contributed by atoms with E-state index in [1.54, 1.807) is 12.3 Å². The van der Waals surface area contributed by atoms with Gasteiger partial charge in [-0.05, 0) is 13.0 Å². The Morgan fingerprint density at radius 2 is 2.20 bits per heavy atom. The highest BCUT2D eigenvalue weighted by Gasteiger charge is 2.26. The van der Waals surface area contributed by atoms with Crippen LogP contribution in [0.1, 0.15) is 11.1 Å². The topological polar surface area (TPSA) is 76.4 Å². The van der Waals surface area contributed by atoms with Gasteiger partial charge in [-0.3, -0.25) is 5.73 Å². The molecular formula is C11H14N4. The molecule has 1 aliphatic rings. The molecule has 0 saturated heterocycles. The van der Waals surface area contributed by atoms with Crippen molar-refractivity contribution in [3.05, 3.63) is 47.7 Å². The Morgan fingerprint density at radius 3 is 2.87 bits per heavy atom. The SMILES string of the molecule is Cc1cccc(C2(N)N=C(N)C=CN2)c1. The lowest BCUT2D eigenvalue weighted by Gasteiger charge is -2.28. The van der Waals surface area contributed by atoms with E-state index >= 15 is 0 Å². The van der Waals surface area contributed by atoms with Crippen LogP contribution < -0.4 is 16.8 Å². The second-order valence-electron chi connectivity index (χ2n) is 3.65. The van der Waals surface area contributed by atoms with Crippen molar-refractivity contribution in [2.75, 3.05) is 0 Å². The minimum Gasteiger partial charge on any atom is -0.384 e. The Hall–Kier alpha value is -1.81. The predicted octanol–water partition coefficient (Wildman–Crippen LogP) is 0.538. The summed E-state index contributed by atoms with van der Waals surface area (Å²) in [6.45, 7) is 2.01. The van der Waals surface area contributed by atoms with Crippen LogP contribution in [0, 0.1) is 6.92 Å². The number of hydrogen-bond acceptors (Lipinski definition) is 4. The average Bonchev–Trinajstić information content (AvgIpc) is 2.17. The molecule has 0 fully saturated rings. The first-order valence-corrected chi connectivity index (χ1v) is 4.76. The third-order valence-corrected chi connectivity index (χ3v) is 2.32. The first-order chi connectivity index (χ1) is 7.10. The van der Waals surface area contributed by atoms with E-state index in [1.807, 2.05) is 31.2 Å². The maximum absolute atomic E-state index is 6.11. The molecule has 4 nitrogen and oxygen atoms in total. The molecular weight excluding hydrogens is 188 g/mol. The number of amidine groups is 1. The van der Waals surface area contributed by atoms with E-state index in [1.165, 1.54) is 0 Å². The highest BCUT2D eigenvalue weighted by atomic mass is 15.3. The van der Waals surface area contributed by atoms with E-state index < -0.39 is 5.79 Å². The summed E-state index contributed by atoms with van der Waals surface area (Å²) in [4.78, 5) is 4.20. The van der Waals surface area contributed by atoms with E-state index in [9.17, 15) is 0 Å². The molecule has 0 spiro atoms. The number of benzene rings is 1. The number of aliphatic imine (C=N–C) groups is 1. The standard InChI is InChI=1S/C11H14N4/c1-8-3-2-4-9(7-8)11(13)14-6-5-10(12)15-11/h2-7,14H,13H2,1H3,(H2,12,15). The lowest BCUT2D eigenvalue weighted by molar-refractivity contribution is 0.409. The lowest BCUT2D eigenvalue weighted by Crippen LogP contribution is -2.49. The van der Waals surface area contributed by atoms with Crippen LogP contribution >= 0.6 is 0 Å². The van der Waals surface area contributed by atoms with Crippen LogP contribution in [0.25, 0.3) is 0 Å². The van der Waals surface area contributed by atoms with Crippen LogP contribution in [-0.2, 0) is 5.79 Å². The summed E-state index contributed by atoms with van der Waals surface area (Å²) in [7, 11) is 0. The third-order valence-electron chi connectivity index (χ3n) is 2.32. The van der Waals surface area contributed by atoms with Crippen molar-refractivity contribution in [2.24, 2.45) is 16.5 Å². The predicted molar refractivity (Wildman–Crippen MR) is 60.9 cm³/mol. The van der Waals surface area contributed by atoms with Gasteiger partial charge in [0.05, 0.1) is 0 Å². The van der Waals surface area contributed by atoms with Crippen molar-refractivity contribution in [2.45, 2.75) is 12.7 Å². The number of aryl methyl sites for hydroxylation is 1. The van der Waals surface area contributed by atoms with Gasteiger partial charge < -0.3 is 11.1 Å². The second kappa shape index (κ2) is 3.40. The number of nitrogens with zero attached hydrogens (tertiary/aromatic N) is 1. The molecule has 4 heteroatoms. The lowest BCUT2D eigenvalue weighted by atomic mass is 10.1. The van der Waals surface area contributed by atoms with Gasteiger partial charge in [-0.15, -0.1) is 0 Å². The molecule has 0 radical (unpaired) electrons. The first-order valence-electron chi connectivity index (χ1n) is 4.76. The van der Waals surface area contributed by atoms with E-state index in [2.05, 4.69) is 10.3 Å². The summed E-state index contributed by atoms with van der Waals surface area (Å²) in [6, 6.07) is 7.88. The second-order valence-corrected chi connectivity index (χ2v) is 3.65. The molecule has 1 heterocycles. The van der Waals surface area contributed by atoms with Crippen molar-refractivity contribution in [3.8, 4) is 0 Å². The summed E-state index contributed by atoms with van der Waals surface area (Å²) in [6.07, 6.45) is 3.39. The molecule has 15 heavy (non-hydrogen) atoms. The molecule has 0 bridgehead atoms. The summed E-state index contributed by atoms with van der Waals surface area (Å²) < 4.78 is 0. The molecule has 0 aromatic heterocycles. The smallest absolute Gasteiger partial charge is 0.211 e. The number of nitrogens with one attached hydrogen (secondary N) is 1. The van der Waals surface area contributed by atoms with Crippen molar-refractivity contribution >= 4 is 5.84 Å². The Bertz CT molecular complexity index is 436. The molecule has 0 aliphatic carbocycles. The van der Waals surface area contributed by atoms with E-state index in [-0.39, 0.29) is 0 Å². The summed E-state index contributed by atoms with van der Waals surface area (Å²) in [5.74, 6) is -0.511. The van der Waals surface area contributed by atoms with Gasteiger partial charge >= 0.3 is 0 Å². The third kappa shape index (κ3) is 1.85. The Morgan fingerprint density at radius 1 is 1.40 bits per heavy atom. The Labute approximate surface area is 88.7 Å². The Kier molecular flexibility index (Phi) is 2.21. The van der Waals surface area contributed by atoms with Crippen LogP contribution in [0.2, 0.25) is 0 Å². The molecule has 78 valence electrons. The van der Waals surface area contributed by atoms with Crippen LogP contribution in [0.15, 0.2) is 41.5 Å². The molecule has 5 N–H and O–H groups in total. The van der Waals surface area contributed by atoms with Crippen LogP contribution in [-0.4, -0.2) is 5.84 Å². The maximum Gasteiger partial charge on any atom is 0.211 e. The molecule has 0 amide bonds. The average molecular weight is 202 g/mol. The van der Waals surface area contributed by atoms with Gasteiger partial charge in [-0.2, -0.15) is 0 Å². The molecule has 1 unspecified atom stereocenters. The summed E-state index contributed by atoms with van der Waals surface area (Å²) in [5, 5.41) is 3.00. The van der Waals surface area contributed by atoms with Gasteiger partial charge in [0, 0.05) is 11.8 Å². The summed E-state index contributed by atoms with van der Waals surface area (Å²) in [5.41, 5.74) is 13.8. The van der Waals surface area contributed by atoms with Gasteiger partial charge in [-0.25, -0.2) is 4.99 Å². The van der Waals surface area contributed by atoms with Crippen LogP contribution in [0.3, 0.4) is 0 Å². The highest BCUT2D eigenvalue weighted by molar-refractivity contribution is 5.92. The number of hydrogen-bond donors (Lipinski definition) is 3. The molecule has 1 atom stereocenters. The zero-order valence-electron chi connectivity index (χ0n) is 8.57. The number of nitrogens with two attached hydrogens (primary N) is 2. The van der Waals surface area contributed by atoms with Gasteiger partial charge in [0.1, 0.15) is 5.84 Å². The first kappa shape index (κ1) is 9.73. The van der Waals surface area contributed by atoms with E-state index in [4.69, 9.17) is 11.5 Å². The highest BCUT2D eigenvalue weighted by Crippen LogP contribution is 2.19. The van der Waals surface area contributed by atoms with Gasteiger partial charge in [0.15, 0.2) is 0 Å². The zero-order valence-corrected chi connectivity index (χ0v) is 8.57. The monoisotopic (exact) mass is 202 g/mol. The van der Waals surface area contributed by atoms with Crippen LogP contribution in [0.5, 0.6) is 0 Å². The molecule has 1 aliphatic heterocycles. The number of rotatable bonds is 1. The fraction of sp³-hybridized carbons (Fsp3) is 0.182. The van der Waals surface area contributed by atoms with Gasteiger partial charge in [0.2, 0.25) is 5.79 Å². The van der Waals surface area contributed by atoms with Gasteiger partial charge in [0.25, 0.3) is 0 Å². The normalized spacial score (nSPS) is 24.5.